The Bertz CT molecular complexity index is 938. The van der Waals surface area contributed by atoms with Crippen LogP contribution in [0.5, 0.6) is 17.7 Å². The highest BCUT2D eigenvalue weighted by molar-refractivity contribution is 6.02. The molecule has 146 valence electrons. The number of amides is 1. The molecule has 28 heavy (non-hydrogen) atoms. The number of carbonyl (C=O) groups is 1. The van der Waals surface area contributed by atoms with Gasteiger partial charge in [0.2, 0.25) is 5.88 Å². The Morgan fingerprint density at radius 3 is 2.54 bits per heavy atom. The largest absolute Gasteiger partial charge is 0.450 e. The molecule has 0 saturated heterocycles. The average molecular weight is 393 g/mol. The van der Waals surface area contributed by atoms with E-state index in [9.17, 15) is 18.0 Å². The Hall–Kier alpha value is -3.56. The van der Waals surface area contributed by atoms with Crippen LogP contribution in [0.4, 0.5) is 18.9 Å². The van der Waals surface area contributed by atoms with E-state index in [2.05, 4.69) is 15.3 Å². The number of nitrogens with one attached hydrogen (secondary N) is 1. The summed E-state index contributed by atoms with van der Waals surface area (Å²) in [7, 11) is 0. The number of alkyl halides is 3. The van der Waals surface area contributed by atoms with E-state index in [1.54, 1.807) is 6.92 Å². The van der Waals surface area contributed by atoms with Crippen LogP contribution in [0.3, 0.4) is 0 Å². The quantitative estimate of drug-likeness (QED) is 0.662. The van der Waals surface area contributed by atoms with Crippen molar-refractivity contribution in [1.29, 1.82) is 0 Å². The third-order valence-electron chi connectivity index (χ3n) is 3.38. The summed E-state index contributed by atoms with van der Waals surface area (Å²) in [5.41, 5.74) is -0.370. The highest BCUT2D eigenvalue weighted by Gasteiger charge is 2.30. The molecule has 3 rings (SSSR count). The zero-order chi connectivity index (χ0) is 20.1. The molecule has 0 unspecified atom stereocenters. The molecule has 0 radical (unpaired) electrons. The summed E-state index contributed by atoms with van der Waals surface area (Å²) in [6, 6.07) is 7.20. The molecule has 0 saturated carbocycles. The van der Waals surface area contributed by atoms with Gasteiger partial charge in [-0.1, -0.05) is 0 Å². The minimum atomic E-state index is -4.41. The van der Waals surface area contributed by atoms with Gasteiger partial charge in [0.15, 0.2) is 5.69 Å². The molecule has 1 amide bonds. The third-order valence-corrected chi connectivity index (χ3v) is 3.38. The fraction of sp³-hybridized carbons (Fsp3) is 0.167. The number of hydrogen-bond donors (Lipinski definition) is 1. The molecule has 3 aromatic rings. The number of aromatic nitrogens is 2. The van der Waals surface area contributed by atoms with Crippen LogP contribution in [-0.4, -0.2) is 22.5 Å². The van der Waals surface area contributed by atoms with E-state index in [4.69, 9.17) is 13.9 Å². The number of carbonyl (C=O) groups excluding carboxylic acids is 1. The molecule has 2 aromatic heterocycles. The van der Waals surface area contributed by atoms with Gasteiger partial charge in [0.05, 0.1) is 24.1 Å². The summed E-state index contributed by atoms with van der Waals surface area (Å²) in [4.78, 5) is 19.9. The lowest BCUT2D eigenvalue weighted by molar-refractivity contribution is -0.137. The SMILES string of the molecule is CCOc1nc(C(=O)Nc2ccc(Oc3ccc(C(F)(F)F)cc3)nc2)co1. The summed E-state index contributed by atoms with van der Waals surface area (Å²) >= 11 is 0. The van der Waals surface area contributed by atoms with Crippen molar-refractivity contribution in [3.8, 4) is 17.7 Å². The van der Waals surface area contributed by atoms with Crippen LogP contribution in [0, 0.1) is 0 Å². The highest BCUT2D eigenvalue weighted by atomic mass is 19.4. The van der Waals surface area contributed by atoms with Crippen LogP contribution in [-0.2, 0) is 6.18 Å². The predicted molar refractivity (Wildman–Crippen MR) is 91.4 cm³/mol. The maximum atomic E-state index is 12.6. The Labute approximate surface area is 157 Å². The van der Waals surface area contributed by atoms with Gasteiger partial charge in [-0.05, 0) is 37.3 Å². The van der Waals surface area contributed by atoms with Gasteiger partial charge < -0.3 is 19.2 Å². The maximum absolute atomic E-state index is 12.6. The smallest absolute Gasteiger partial charge is 0.416 e. The predicted octanol–water partition coefficient (Wildman–Crippen LogP) is 4.53. The summed E-state index contributed by atoms with van der Waals surface area (Å²) < 4.78 is 53.1. The molecule has 2 heterocycles. The van der Waals surface area contributed by atoms with E-state index in [0.29, 0.717) is 12.3 Å². The highest BCUT2D eigenvalue weighted by Crippen LogP contribution is 2.31. The number of nitrogens with zero attached hydrogens (tertiary/aromatic N) is 2. The number of rotatable bonds is 6. The molecule has 0 fully saturated rings. The van der Waals surface area contributed by atoms with Gasteiger partial charge in [0.1, 0.15) is 12.0 Å². The lowest BCUT2D eigenvalue weighted by Gasteiger charge is -2.09. The first-order valence-electron chi connectivity index (χ1n) is 8.06. The molecule has 0 spiro atoms. The lowest BCUT2D eigenvalue weighted by atomic mass is 10.2. The molecule has 0 bridgehead atoms. The monoisotopic (exact) mass is 393 g/mol. The van der Waals surface area contributed by atoms with Crippen molar-refractivity contribution < 1.29 is 31.9 Å². The Balaban J connectivity index is 1.60. The van der Waals surface area contributed by atoms with Crippen molar-refractivity contribution in [1.82, 2.24) is 9.97 Å². The molecule has 0 aliphatic rings. The first-order chi connectivity index (χ1) is 13.3. The summed E-state index contributed by atoms with van der Waals surface area (Å²) in [6.45, 7) is 2.11. The van der Waals surface area contributed by atoms with Gasteiger partial charge in [-0.25, -0.2) is 4.98 Å². The van der Waals surface area contributed by atoms with Crippen molar-refractivity contribution >= 4 is 11.6 Å². The lowest BCUT2D eigenvalue weighted by Crippen LogP contribution is -2.12. The molecule has 0 aliphatic carbocycles. The molecule has 1 aromatic carbocycles. The standard InChI is InChI=1S/C18H14F3N3O4/c1-2-26-17-24-14(10-27-17)16(25)23-12-5-8-15(22-9-12)28-13-6-3-11(4-7-13)18(19,20)21/h3-10H,2H2,1H3,(H,23,25). The van der Waals surface area contributed by atoms with Crippen LogP contribution in [0.2, 0.25) is 0 Å². The number of pyridine rings is 1. The van der Waals surface area contributed by atoms with Crippen LogP contribution < -0.4 is 14.8 Å². The molecule has 0 aliphatic heterocycles. The van der Waals surface area contributed by atoms with Crippen LogP contribution in [0.15, 0.2) is 53.3 Å². The third kappa shape index (κ3) is 4.78. The topological polar surface area (TPSA) is 86.5 Å². The Kier molecular flexibility index (Phi) is 5.48. The fourth-order valence-electron chi connectivity index (χ4n) is 2.09. The second-order valence-electron chi connectivity index (χ2n) is 5.40. The van der Waals surface area contributed by atoms with Gasteiger partial charge in [-0.15, -0.1) is 0 Å². The first-order valence-corrected chi connectivity index (χ1v) is 8.06. The molecule has 1 N–H and O–H groups in total. The minimum Gasteiger partial charge on any atom is -0.450 e. The number of hydrogen-bond acceptors (Lipinski definition) is 6. The molecular formula is C18H14F3N3O4. The number of benzene rings is 1. The maximum Gasteiger partial charge on any atom is 0.416 e. The van der Waals surface area contributed by atoms with Crippen molar-refractivity contribution in [2.24, 2.45) is 0 Å². The molecular weight excluding hydrogens is 379 g/mol. The Morgan fingerprint density at radius 1 is 1.18 bits per heavy atom. The summed E-state index contributed by atoms with van der Waals surface area (Å²) in [5.74, 6) is -0.172. The van der Waals surface area contributed by atoms with E-state index in [0.717, 1.165) is 18.4 Å². The zero-order valence-corrected chi connectivity index (χ0v) is 14.5. The van der Waals surface area contributed by atoms with E-state index in [1.807, 2.05) is 0 Å². The second kappa shape index (κ2) is 7.99. The van der Waals surface area contributed by atoms with E-state index in [1.165, 1.54) is 30.5 Å². The first kappa shape index (κ1) is 19.2. The van der Waals surface area contributed by atoms with Crippen molar-refractivity contribution in [2.45, 2.75) is 13.1 Å². The van der Waals surface area contributed by atoms with Crippen LogP contribution in [0.25, 0.3) is 0 Å². The van der Waals surface area contributed by atoms with Crippen molar-refractivity contribution in [3.63, 3.8) is 0 Å². The Morgan fingerprint density at radius 2 is 1.93 bits per heavy atom. The fourth-order valence-corrected chi connectivity index (χ4v) is 2.09. The molecule has 7 nitrogen and oxygen atoms in total. The number of halogens is 3. The summed E-state index contributed by atoms with van der Waals surface area (Å²) in [5, 5.41) is 2.57. The number of ether oxygens (including phenoxy) is 2. The van der Waals surface area contributed by atoms with Gasteiger partial charge in [0, 0.05) is 6.07 Å². The van der Waals surface area contributed by atoms with Gasteiger partial charge >= 0.3 is 12.3 Å². The summed E-state index contributed by atoms with van der Waals surface area (Å²) in [6.07, 6.45) is -1.92. The van der Waals surface area contributed by atoms with Crippen molar-refractivity contribution in [2.75, 3.05) is 11.9 Å². The number of anilines is 1. The van der Waals surface area contributed by atoms with Gasteiger partial charge in [-0.3, -0.25) is 4.79 Å². The number of oxazole rings is 1. The van der Waals surface area contributed by atoms with Crippen LogP contribution in [0.1, 0.15) is 23.0 Å². The van der Waals surface area contributed by atoms with Gasteiger partial charge in [-0.2, -0.15) is 18.2 Å². The zero-order valence-electron chi connectivity index (χ0n) is 14.5. The van der Waals surface area contributed by atoms with Crippen LogP contribution >= 0.6 is 0 Å². The van der Waals surface area contributed by atoms with Crippen molar-refractivity contribution in [3.05, 3.63) is 60.1 Å². The molecule has 0 atom stereocenters. The average Bonchev–Trinajstić information content (AvgIpc) is 3.12. The normalized spacial score (nSPS) is 11.1. The molecule has 10 heteroatoms. The van der Waals surface area contributed by atoms with E-state index >= 15 is 0 Å². The van der Waals surface area contributed by atoms with E-state index < -0.39 is 17.6 Å². The second-order valence-corrected chi connectivity index (χ2v) is 5.40. The van der Waals surface area contributed by atoms with Gasteiger partial charge in [0.25, 0.3) is 5.91 Å². The minimum absolute atomic E-state index is 0.00827. The van der Waals surface area contributed by atoms with E-state index in [-0.39, 0.29) is 23.4 Å².